The minimum Gasteiger partial charge on any atom is -0.381 e. The molecule has 0 bridgehead atoms. The van der Waals surface area contributed by atoms with E-state index in [1.807, 2.05) is 0 Å². The van der Waals surface area contributed by atoms with E-state index in [2.05, 4.69) is 13.8 Å². The Bertz CT molecular complexity index is 172. The van der Waals surface area contributed by atoms with Gasteiger partial charge in [0.05, 0.1) is 19.3 Å². The number of hydrogen-bond donors (Lipinski definition) is 0. The predicted octanol–water partition coefficient (Wildman–Crippen LogP) is 3.12. The van der Waals surface area contributed by atoms with Crippen LogP contribution in [0.25, 0.3) is 0 Å². The molecule has 0 aromatic rings. The minimum absolute atomic E-state index is 0.269. The summed E-state index contributed by atoms with van der Waals surface area (Å²) in [5.74, 6) is -0.269. The van der Waals surface area contributed by atoms with Gasteiger partial charge in [-0.15, -0.1) is 0 Å². The summed E-state index contributed by atoms with van der Waals surface area (Å²) in [6.07, 6.45) is 6.99. The van der Waals surface area contributed by atoms with Crippen LogP contribution in [0.1, 0.15) is 52.4 Å². The van der Waals surface area contributed by atoms with Crippen LogP contribution < -0.4 is 0 Å². The van der Waals surface area contributed by atoms with E-state index in [1.54, 1.807) is 7.11 Å². The summed E-state index contributed by atoms with van der Waals surface area (Å²) in [5, 5.41) is 0. The smallest absolute Gasteiger partial charge is 0.168 e. The van der Waals surface area contributed by atoms with Crippen LogP contribution in [0.3, 0.4) is 0 Å². The molecule has 1 fully saturated rings. The van der Waals surface area contributed by atoms with Crippen LogP contribution in [-0.2, 0) is 14.2 Å². The fourth-order valence-electron chi connectivity index (χ4n) is 2.28. The van der Waals surface area contributed by atoms with Crippen LogP contribution in [-0.4, -0.2) is 32.2 Å². The lowest BCUT2D eigenvalue weighted by Crippen LogP contribution is -2.28. The highest BCUT2D eigenvalue weighted by molar-refractivity contribution is 4.72. The molecule has 0 aromatic heterocycles. The van der Waals surface area contributed by atoms with Crippen LogP contribution in [0.2, 0.25) is 0 Å². The molecule has 1 aliphatic heterocycles. The average Bonchev–Trinajstić information content (AvgIpc) is 2.79. The third-order valence-corrected chi connectivity index (χ3v) is 3.47. The molecule has 3 heteroatoms. The van der Waals surface area contributed by atoms with E-state index in [1.165, 1.54) is 6.42 Å². The van der Waals surface area contributed by atoms with Gasteiger partial charge >= 0.3 is 0 Å². The molecular formula is C13H26O3. The molecule has 1 rings (SSSR count). The van der Waals surface area contributed by atoms with E-state index in [9.17, 15) is 0 Å². The van der Waals surface area contributed by atoms with Crippen LogP contribution >= 0.6 is 0 Å². The Morgan fingerprint density at radius 3 is 2.38 bits per heavy atom. The van der Waals surface area contributed by atoms with Gasteiger partial charge in [0.1, 0.15) is 0 Å². The second kappa shape index (κ2) is 7.25. The monoisotopic (exact) mass is 230 g/mol. The highest BCUT2D eigenvalue weighted by Crippen LogP contribution is 2.29. The fraction of sp³-hybridized carbons (Fsp3) is 1.00. The van der Waals surface area contributed by atoms with Gasteiger partial charge in [-0.25, -0.2) is 0 Å². The SMILES string of the molecule is CCC(CCCCC1(CC)OCCO1)OC. The summed E-state index contributed by atoms with van der Waals surface area (Å²) in [4.78, 5) is 0. The van der Waals surface area contributed by atoms with Gasteiger partial charge in [0.25, 0.3) is 0 Å². The molecule has 0 radical (unpaired) electrons. The highest BCUT2D eigenvalue weighted by atomic mass is 16.7. The minimum atomic E-state index is -0.269. The molecular weight excluding hydrogens is 204 g/mol. The van der Waals surface area contributed by atoms with Crippen LogP contribution in [0.4, 0.5) is 0 Å². The highest BCUT2D eigenvalue weighted by Gasteiger charge is 2.33. The second-order valence-electron chi connectivity index (χ2n) is 4.47. The summed E-state index contributed by atoms with van der Waals surface area (Å²) >= 11 is 0. The van der Waals surface area contributed by atoms with Gasteiger partial charge in [-0.3, -0.25) is 0 Å². The first-order valence-electron chi connectivity index (χ1n) is 6.57. The molecule has 1 unspecified atom stereocenters. The standard InChI is InChI=1S/C13H26O3/c1-4-12(14-3)8-6-7-9-13(5-2)15-10-11-16-13/h12H,4-11H2,1-3H3. The first-order valence-corrected chi connectivity index (χ1v) is 6.57. The Kier molecular flexibility index (Phi) is 6.32. The molecule has 96 valence electrons. The number of rotatable bonds is 8. The predicted molar refractivity (Wildman–Crippen MR) is 64.5 cm³/mol. The molecule has 16 heavy (non-hydrogen) atoms. The Morgan fingerprint density at radius 1 is 1.19 bits per heavy atom. The molecule has 0 N–H and O–H groups in total. The van der Waals surface area contributed by atoms with Crippen LogP contribution in [0, 0.1) is 0 Å². The Balaban J connectivity index is 2.14. The normalized spacial score (nSPS) is 21.2. The van der Waals surface area contributed by atoms with Gasteiger partial charge in [-0.2, -0.15) is 0 Å². The van der Waals surface area contributed by atoms with Crippen molar-refractivity contribution >= 4 is 0 Å². The first kappa shape index (κ1) is 13.9. The number of ether oxygens (including phenoxy) is 3. The molecule has 1 atom stereocenters. The van der Waals surface area contributed by atoms with E-state index >= 15 is 0 Å². The molecule has 0 spiro atoms. The topological polar surface area (TPSA) is 27.7 Å². The maximum atomic E-state index is 5.70. The number of methoxy groups -OCH3 is 1. The van der Waals surface area contributed by atoms with Crippen molar-refractivity contribution in [1.82, 2.24) is 0 Å². The zero-order valence-electron chi connectivity index (χ0n) is 11.0. The van der Waals surface area contributed by atoms with E-state index in [0.717, 1.165) is 45.3 Å². The van der Waals surface area contributed by atoms with Crippen LogP contribution in [0.5, 0.6) is 0 Å². The van der Waals surface area contributed by atoms with Crippen molar-refractivity contribution in [1.29, 1.82) is 0 Å². The second-order valence-corrected chi connectivity index (χ2v) is 4.47. The van der Waals surface area contributed by atoms with E-state index in [-0.39, 0.29) is 5.79 Å². The summed E-state index contributed by atoms with van der Waals surface area (Å²) in [6.45, 7) is 5.81. The maximum Gasteiger partial charge on any atom is 0.168 e. The summed E-state index contributed by atoms with van der Waals surface area (Å²) in [6, 6.07) is 0. The van der Waals surface area contributed by atoms with Gasteiger partial charge in [-0.1, -0.05) is 20.3 Å². The lowest BCUT2D eigenvalue weighted by Gasteiger charge is -2.26. The van der Waals surface area contributed by atoms with E-state index < -0.39 is 0 Å². The Morgan fingerprint density at radius 2 is 1.88 bits per heavy atom. The van der Waals surface area contributed by atoms with E-state index in [0.29, 0.717) is 6.10 Å². The average molecular weight is 230 g/mol. The van der Waals surface area contributed by atoms with Gasteiger partial charge in [-0.05, 0) is 25.7 Å². The van der Waals surface area contributed by atoms with Crippen molar-refractivity contribution in [2.24, 2.45) is 0 Å². The Hall–Kier alpha value is -0.120. The van der Waals surface area contributed by atoms with Gasteiger partial charge in [0.15, 0.2) is 5.79 Å². The van der Waals surface area contributed by atoms with Gasteiger partial charge in [0.2, 0.25) is 0 Å². The van der Waals surface area contributed by atoms with Crippen molar-refractivity contribution in [3.05, 3.63) is 0 Å². The van der Waals surface area contributed by atoms with Gasteiger partial charge in [0, 0.05) is 13.5 Å². The Labute approximate surface area is 99.5 Å². The summed E-state index contributed by atoms with van der Waals surface area (Å²) in [7, 11) is 1.80. The molecule has 1 saturated heterocycles. The number of hydrogen-bond acceptors (Lipinski definition) is 3. The van der Waals surface area contributed by atoms with E-state index in [4.69, 9.17) is 14.2 Å². The lowest BCUT2D eigenvalue weighted by atomic mass is 10.0. The molecule has 3 nitrogen and oxygen atoms in total. The molecule has 0 aliphatic carbocycles. The molecule has 0 aromatic carbocycles. The number of unbranched alkanes of at least 4 members (excludes halogenated alkanes) is 1. The zero-order valence-corrected chi connectivity index (χ0v) is 11.0. The van der Waals surface area contributed by atoms with Crippen molar-refractivity contribution in [2.75, 3.05) is 20.3 Å². The van der Waals surface area contributed by atoms with Crippen molar-refractivity contribution in [3.8, 4) is 0 Å². The van der Waals surface area contributed by atoms with Crippen molar-refractivity contribution in [3.63, 3.8) is 0 Å². The molecule has 1 heterocycles. The third kappa shape index (κ3) is 4.04. The first-order chi connectivity index (χ1) is 7.76. The zero-order chi connectivity index (χ0) is 11.9. The van der Waals surface area contributed by atoms with Crippen LogP contribution in [0.15, 0.2) is 0 Å². The fourth-order valence-corrected chi connectivity index (χ4v) is 2.28. The largest absolute Gasteiger partial charge is 0.381 e. The maximum absolute atomic E-state index is 5.70. The molecule has 0 amide bonds. The third-order valence-electron chi connectivity index (χ3n) is 3.47. The van der Waals surface area contributed by atoms with Crippen molar-refractivity contribution in [2.45, 2.75) is 64.3 Å². The summed E-state index contributed by atoms with van der Waals surface area (Å²) < 4.78 is 16.8. The molecule has 0 saturated carbocycles. The summed E-state index contributed by atoms with van der Waals surface area (Å²) in [5.41, 5.74) is 0. The van der Waals surface area contributed by atoms with Crippen molar-refractivity contribution < 1.29 is 14.2 Å². The lowest BCUT2D eigenvalue weighted by molar-refractivity contribution is -0.164. The molecule has 1 aliphatic rings. The quantitative estimate of drug-likeness (QED) is 0.600. The van der Waals surface area contributed by atoms with Gasteiger partial charge < -0.3 is 14.2 Å².